The minimum absolute atomic E-state index is 0. The zero-order valence-electron chi connectivity index (χ0n) is 14.2. The molecule has 2 aromatic rings. The first-order valence-corrected chi connectivity index (χ1v) is 7.82. The summed E-state index contributed by atoms with van der Waals surface area (Å²) in [4.78, 5) is 4.34. The highest BCUT2D eigenvalue weighted by molar-refractivity contribution is 14.0. The van der Waals surface area contributed by atoms with E-state index in [1.807, 2.05) is 56.3 Å². The summed E-state index contributed by atoms with van der Waals surface area (Å²) in [5.41, 5.74) is 7.80. The molecule has 3 rings (SSSR count). The third-order valence-electron chi connectivity index (χ3n) is 3.37. The molecule has 1 aliphatic heterocycles. The maximum absolute atomic E-state index is 5.94. The van der Waals surface area contributed by atoms with Crippen molar-refractivity contribution in [3.05, 3.63) is 48.0 Å². The Kier molecular flexibility index (Phi) is 6.74. The molecule has 134 valence electrons. The molecule has 25 heavy (non-hydrogen) atoms. The van der Waals surface area contributed by atoms with E-state index >= 15 is 0 Å². The Hall–Kier alpha value is -2.16. The van der Waals surface area contributed by atoms with E-state index in [1.165, 1.54) is 0 Å². The average molecular weight is 455 g/mol. The summed E-state index contributed by atoms with van der Waals surface area (Å²) >= 11 is 0. The van der Waals surface area contributed by atoms with Crippen LogP contribution in [0.3, 0.4) is 0 Å². The van der Waals surface area contributed by atoms with E-state index in [-0.39, 0.29) is 36.9 Å². The van der Waals surface area contributed by atoms with Crippen LogP contribution in [0.1, 0.15) is 19.4 Å². The van der Waals surface area contributed by atoms with Crippen LogP contribution in [0.25, 0.3) is 0 Å². The second-order valence-electron chi connectivity index (χ2n) is 5.71. The maximum atomic E-state index is 5.94. The molecule has 7 heteroatoms. The number of fused-ring (bicyclic) bond motifs is 1. The maximum Gasteiger partial charge on any atom is 0.231 e. The predicted octanol–water partition coefficient (Wildman–Crippen LogP) is 3.75. The number of hydrogen-bond acceptors (Lipinski definition) is 4. The number of aliphatic imine (C=N–C) groups is 1. The Bertz CT molecular complexity index is 733. The first-order valence-electron chi connectivity index (χ1n) is 7.82. The first-order chi connectivity index (χ1) is 11.6. The number of rotatable bonds is 5. The molecule has 1 heterocycles. The van der Waals surface area contributed by atoms with E-state index < -0.39 is 0 Å². The van der Waals surface area contributed by atoms with Gasteiger partial charge >= 0.3 is 0 Å². The van der Waals surface area contributed by atoms with Gasteiger partial charge in [-0.05, 0) is 55.8 Å². The van der Waals surface area contributed by atoms with Gasteiger partial charge in [0, 0.05) is 5.69 Å². The fraction of sp³-hybridized carbons (Fsp3) is 0.278. The summed E-state index contributed by atoms with van der Waals surface area (Å²) < 4.78 is 16.2. The highest BCUT2D eigenvalue weighted by Gasteiger charge is 2.12. The third kappa shape index (κ3) is 5.42. The van der Waals surface area contributed by atoms with Crippen LogP contribution in [0.2, 0.25) is 0 Å². The first kappa shape index (κ1) is 19.2. The SMILES string of the molecule is CC(C)Oc1ccc(NC(N)=NCc2ccc3c(c2)OCO3)cc1.I. The van der Waals surface area contributed by atoms with Gasteiger partial charge in [0.25, 0.3) is 0 Å². The molecule has 0 amide bonds. The van der Waals surface area contributed by atoms with Crippen LogP contribution in [0.15, 0.2) is 47.5 Å². The van der Waals surface area contributed by atoms with Crippen LogP contribution < -0.4 is 25.3 Å². The molecule has 0 fully saturated rings. The number of ether oxygens (including phenoxy) is 3. The van der Waals surface area contributed by atoms with Gasteiger partial charge in [-0.25, -0.2) is 4.99 Å². The molecule has 2 aromatic carbocycles. The number of benzene rings is 2. The number of nitrogens with one attached hydrogen (secondary N) is 1. The van der Waals surface area contributed by atoms with E-state index in [2.05, 4.69) is 10.3 Å². The molecular formula is C18H22IN3O3. The van der Waals surface area contributed by atoms with Crippen molar-refractivity contribution in [2.75, 3.05) is 12.1 Å². The van der Waals surface area contributed by atoms with Gasteiger partial charge in [-0.15, -0.1) is 24.0 Å². The van der Waals surface area contributed by atoms with Crippen LogP contribution in [0.4, 0.5) is 5.69 Å². The predicted molar refractivity (Wildman–Crippen MR) is 109 cm³/mol. The normalized spacial score (nSPS) is 12.7. The summed E-state index contributed by atoms with van der Waals surface area (Å²) in [5, 5.41) is 3.06. The number of hydrogen-bond donors (Lipinski definition) is 2. The molecular weight excluding hydrogens is 433 g/mol. The largest absolute Gasteiger partial charge is 0.491 e. The summed E-state index contributed by atoms with van der Waals surface area (Å²) in [7, 11) is 0. The third-order valence-corrected chi connectivity index (χ3v) is 3.37. The molecule has 3 N–H and O–H groups in total. The topological polar surface area (TPSA) is 78.1 Å². The van der Waals surface area contributed by atoms with E-state index in [0.717, 1.165) is 28.5 Å². The van der Waals surface area contributed by atoms with E-state index in [1.54, 1.807) is 0 Å². The van der Waals surface area contributed by atoms with Gasteiger partial charge in [0.2, 0.25) is 6.79 Å². The molecule has 0 saturated carbocycles. The Morgan fingerprint density at radius 3 is 2.60 bits per heavy atom. The summed E-state index contributed by atoms with van der Waals surface area (Å²) in [6.45, 7) is 4.71. The summed E-state index contributed by atoms with van der Waals surface area (Å²) in [5.74, 6) is 2.68. The molecule has 0 unspecified atom stereocenters. The average Bonchev–Trinajstić information content (AvgIpc) is 3.02. The fourth-order valence-electron chi connectivity index (χ4n) is 2.29. The Labute approximate surface area is 164 Å². The van der Waals surface area contributed by atoms with Crippen molar-refractivity contribution >= 4 is 35.6 Å². The zero-order valence-corrected chi connectivity index (χ0v) is 16.5. The van der Waals surface area contributed by atoms with Crippen molar-refractivity contribution in [2.24, 2.45) is 10.7 Å². The van der Waals surface area contributed by atoms with Crippen LogP contribution >= 0.6 is 24.0 Å². The van der Waals surface area contributed by atoms with Gasteiger partial charge in [-0.3, -0.25) is 0 Å². The molecule has 1 aliphatic rings. The molecule has 0 atom stereocenters. The van der Waals surface area contributed by atoms with Crippen molar-refractivity contribution in [1.82, 2.24) is 0 Å². The highest BCUT2D eigenvalue weighted by Crippen LogP contribution is 2.32. The molecule has 0 bridgehead atoms. The standard InChI is InChI=1S/C18H21N3O3.HI/c1-12(2)24-15-6-4-14(5-7-15)21-18(19)20-10-13-3-8-16-17(9-13)23-11-22-16;/h3-9,12H,10-11H2,1-2H3,(H3,19,20,21);1H. The lowest BCUT2D eigenvalue weighted by molar-refractivity contribution is 0.174. The number of nitrogens with two attached hydrogens (primary N) is 1. The monoisotopic (exact) mass is 455 g/mol. The lowest BCUT2D eigenvalue weighted by Gasteiger charge is -2.11. The number of nitrogens with zero attached hydrogens (tertiary/aromatic N) is 1. The minimum atomic E-state index is 0. The Balaban J connectivity index is 0.00000225. The van der Waals surface area contributed by atoms with Crippen LogP contribution in [0, 0.1) is 0 Å². The molecule has 0 spiro atoms. The van der Waals surface area contributed by atoms with Crippen LogP contribution in [0.5, 0.6) is 17.2 Å². The molecule has 0 saturated heterocycles. The molecule has 0 radical (unpaired) electrons. The Morgan fingerprint density at radius 2 is 1.88 bits per heavy atom. The van der Waals surface area contributed by atoms with Crippen LogP contribution in [-0.2, 0) is 6.54 Å². The molecule has 0 aliphatic carbocycles. The van der Waals surface area contributed by atoms with Gasteiger partial charge in [-0.1, -0.05) is 6.07 Å². The zero-order chi connectivity index (χ0) is 16.9. The van der Waals surface area contributed by atoms with Gasteiger partial charge < -0.3 is 25.3 Å². The van der Waals surface area contributed by atoms with Crippen molar-refractivity contribution < 1.29 is 14.2 Å². The highest BCUT2D eigenvalue weighted by atomic mass is 127. The minimum Gasteiger partial charge on any atom is -0.491 e. The Morgan fingerprint density at radius 1 is 1.16 bits per heavy atom. The van der Waals surface area contributed by atoms with Crippen molar-refractivity contribution in [3.8, 4) is 17.2 Å². The smallest absolute Gasteiger partial charge is 0.231 e. The number of guanidine groups is 1. The van der Waals surface area contributed by atoms with E-state index in [4.69, 9.17) is 19.9 Å². The molecule has 0 aromatic heterocycles. The van der Waals surface area contributed by atoms with Crippen molar-refractivity contribution in [2.45, 2.75) is 26.5 Å². The second-order valence-corrected chi connectivity index (χ2v) is 5.71. The lowest BCUT2D eigenvalue weighted by atomic mass is 10.2. The number of anilines is 1. The van der Waals surface area contributed by atoms with Gasteiger partial charge in [0.05, 0.1) is 12.6 Å². The van der Waals surface area contributed by atoms with Gasteiger partial charge in [0.15, 0.2) is 17.5 Å². The summed E-state index contributed by atoms with van der Waals surface area (Å²) in [6, 6.07) is 13.3. The van der Waals surface area contributed by atoms with Gasteiger partial charge in [-0.2, -0.15) is 0 Å². The lowest BCUT2D eigenvalue weighted by Crippen LogP contribution is -2.22. The summed E-state index contributed by atoms with van der Waals surface area (Å²) in [6.07, 6.45) is 0.150. The van der Waals surface area contributed by atoms with E-state index in [9.17, 15) is 0 Å². The fourth-order valence-corrected chi connectivity index (χ4v) is 2.29. The van der Waals surface area contributed by atoms with Crippen LogP contribution in [-0.4, -0.2) is 18.9 Å². The molecule has 6 nitrogen and oxygen atoms in total. The van der Waals surface area contributed by atoms with Crippen molar-refractivity contribution in [3.63, 3.8) is 0 Å². The van der Waals surface area contributed by atoms with Crippen molar-refractivity contribution in [1.29, 1.82) is 0 Å². The number of halogens is 1. The van der Waals surface area contributed by atoms with E-state index in [0.29, 0.717) is 12.5 Å². The van der Waals surface area contributed by atoms with Gasteiger partial charge in [0.1, 0.15) is 5.75 Å². The quantitative estimate of drug-likeness (QED) is 0.408. The second kappa shape index (κ2) is 8.80.